The third-order valence-corrected chi connectivity index (χ3v) is 3.65. The Labute approximate surface area is 119 Å². The fraction of sp³-hybridized carbons (Fsp3) is 0.357. The molecular formula is C14H14F2N4O. The maximum absolute atomic E-state index is 13.0. The molecule has 1 saturated heterocycles. The van der Waals surface area contributed by atoms with E-state index < -0.39 is 24.2 Å². The second-order valence-electron chi connectivity index (χ2n) is 4.98. The predicted molar refractivity (Wildman–Crippen MR) is 74.1 cm³/mol. The number of benzene rings is 1. The molecule has 0 bridgehead atoms. The van der Waals surface area contributed by atoms with Crippen LogP contribution in [0, 0.1) is 0 Å². The van der Waals surface area contributed by atoms with E-state index in [1.807, 2.05) is 0 Å². The Morgan fingerprint density at radius 3 is 2.81 bits per heavy atom. The van der Waals surface area contributed by atoms with Crippen molar-refractivity contribution in [1.82, 2.24) is 9.97 Å². The van der Waals surface area contributed by atoms with Gasteiger partial charge in [0.25, 0.3) is 6.43 Å². The maximum Gasteiger partial charge on any atom is 0.297 e. The molecule has 0 unspecified atom stereocenters. The summed E-state index contributed by atoms with van der Waals surface area (Å²) in [5.74, 6) is -0.634. The maximum atomic E-state index is 13.0. The van der Waals surface area contributed by atoms with Crippen molar-refractivity contribution in [3.05, 3.63) is 30.1 Å². The first-order chi connectivity index (χ1) is 10.1. The van der Waals surface area contributed by atoms with E-state index in [2.05, 4.69) is 9.97 Å². The summed E-state index contributed by atoms with van der Waals surface area (Å²) in [7, 11) is 0. The lowest BCUT2D eigenvalue weighted by Gasteiger charge is -2.24. The van der Waals surface area contributed by atoms with Gasteiger partial charge in [0, 0.05) is 11.9 Å². The van der Waals surface area contributed by atoms with Crippen LogP contribution in [0.5, 0.6) is 0 Å². The van der Waals surface area contributed by atoms with E-state index in [4.69, 9.17) is 5.73 Å². The van der Waals surface area contributed by atoms with Crippen molar-refractivity contribution < 1.29 is 13.6 Å². The molecule has 3 rings (SSSR count). The lowest BCUT2D eigenvalue weighted by molar-refractivity contribution is -0.119. The SMILES string of the molecule is NC(=O)[C@H]1CCCN1c1nc(C(F)F)nc2ccccc12. The summed E-state index contributed by atoms with van der Waals surface area (Å²) in [6.45, 7) is 0.567. The van der Waals surface area contributed by atoms with Crippen molar-refractivity contribution in [2.45, 2.75) is 25.3 Å². The first kappa shape index (κ1) is 13.7. The van der Waals surface area contributed by atoms with Gasteiger partial charge in [0.2, 0.25) is 5.91 Å². The molecule has 2 N–H and O–H groups in total. The second-order valence-corrected chi connectivity index (χ2v) is 4.98. The number of hydrogen-bond donors (Lipinski definition) is 1. The summed E-state index contributed by atoms with van der Waals surface area (Å²) in [6, 6.07) is 6.42. The van der Waals surface area contributed by atoms with Crippen LogP contribution in [0.4, 0.5) is 14.6 Å². The fourth-order valence-electron chi connectivity index (χ4n) is 2.71. The zero-order valence-electron chi connectivity index (χ0n) is 11.2. The highest BCUT2D eigenvalue weighted by molar-refractivity contribution is 5.93. The first-order valence-electron chi connectivity index (χ1n) is 6.68. The van der Waals surface area contributed by atoms with Crippen molar-refractivity contribution in [2.24, 2.45) is 5.73 Å². The van der Waals surface area contributed by atoms with Gasteiger partial charge in [-0.2, -0.15) is 0 Å². The number of aromatic nitrogens is 2. The molecule has 1 aliphatic heterocycles. The molecule has 1 amide bonds. The van der Waals surface area contributed by atoms with Crippen LogP contribution in [0.15, 0.2) is 24.3 Å². The Morgan fingerprint density at radius 1 is 1.33 bits per heavy atom. The summed E-state index contributed by atoms with van der Waals surface area (Å²) in [5, 5.41) is 0.648. The molecule has 0 spiro atoms. The molecule has 0 radical (unpaired) electrons. The first-order valence-corrected chi connectivity index (χ1v) is 6.68. The molecule has 2 aromatic rings. The Balaban J connectivity index is 2.18. The van der Waals surface area contributed by atoms with Crippen molar-refractivity contribution in [3.8, 4) is 0 Å². The molecule has 7 heteroatoms. The highest BCUT2D eigenvalue weighted by Gasteiger charge is 2.32. The molecule has 1 aromatic carbocycles. The quantitative estimate of drug-likeness (QED) is 0.939. The van der Waals surface area contributed by atoms with E-state index in [1.165, 1.54) is 0 Å². The van der Waals surface area contributed by atoms with Gasteiger partial charge in [-0.05, 0) is 25.0 Å². The van der Waals surface area contributed by atoms with E-state index in [0.717, 1.165) is 6.42 Å². The van der Waals surface area contributed by atoms with Crippen molar-refractivity contribution >= 4 is 22.6 Å². The number of nitrogens with two attached hydrogens (primary N) is 1. The highest BCUT2D eigenvalue weighted by Crippen LogP contribution is 2.31. The number of carbonyl (C=O) groups is 1. The number of rotatable bonds is 3. The van der Waals surface area contributed by atoms with Gasteiger partial charge in [0.05, 0.1) is 5.52 Å². The number of amides is 1. The van der Waals surface area contributed by atoms with Gasteiger partial charge in [0.15, 0.2) is 5.82 Å². The van der Waals surface area contributed by atoms with Gasteiger partial charge in [0.1, 0.15) is 11.9 Å². The van der Waals surface area contributed by atoms with Crippen LogP contribution in [0.1, 0.15) is 25.1 Å². The minimum Gasteiger partial charge on any atom is -0.368 e. The van der Waals surface area contributed by atoms with Gasteiger partial charge in [-0.25, -0.2) is 18.7 Å². The third-order valence-electron chi connectivity index (χ3n) is 3.65. The zero-order valence-corrected chi connectivity index (χ0v) is 11.2. The monoisotopic (exact) mass is 292 g/mol. The van der Waals surface area contributed by atoms with Crippen molar-refractivity contribution in [3.63, 3.8) is 0 Å². The van der Waals surface area contributed by atoms with Crippen LogP contribution in [-0.4, -0.2) is 28.5 Å². The number of anilines is 1. The molecule has 0 aliphatic carbocycles. The summed E-state index contributed by atoms with van der Waals surface area (Å²) in [5.41, 5.74) is 5.83. The number of halogens is 2. The fourth-order valence-corrected chi connectivity index (χ4v) is 2.71. The van der Waals surface area contributed by atoms with Crippen LogP contribution in [-0.2, 0) is 4.79 Å². The number of fused-ring (bicyclic) bond motifs is 1. The molecule has 0 saturated carbocycles. The van der Waals surface area contributed by atoms with Crippen LogP contribution in [0.2, 0.25) is 0 Å². The molecule has 5 nitrogen and oxygen atoms in total. The second kappa shape index (κ2) is 5.23. The van der Waals surface area contributed by atoms with Gasteiger partial charge < -0.3 is 10.6 Å². The summed E-state index contributed by atoms with van der Waals surface area (Å²) < 4.78 is 26.0. The van der Waals surface area contributed by atoms with Crippen molar-refractivity contribution in [2.75, 3.05) is 11.4 Å². The summed E-state index contributed by atoms with van der Waals surface area (Å²) in [4.78, 5) is 21.1. The van der Waals surface area contributed by atoms with Gasteiger partial charge in [-0.15, -0.1) is 0 Å². The molecule has 2 heterocycles. The van der Waals surface area contributed by atoms with Gasteiger partial charge >= 0.3 is 0 Å². The molecule has 1 atom stereocenters. The van der Waals surface area contributed by atoms with Crippen LogP contribution in [0.3, 0.4) is 0 Å². The third kappa shape index (κ3) is 2.39. The standard InChI is InChI=1S/C14H14F2N4O/c15-11(16)13-18-9-5-2-1-4-8(9)14(19-13)20-7-3-6-10(20)12(17)21/h1-2,4-5,10-11H,3,6-7H2,(H2,17,21)/t10-/m1/s1. The Morgan fingerprint density at radius 2 is 2.10 bits per heavy atom. The average Bonchev–Trinajstić information content (AvgIpc) is 2.95. The minimum absolute atomic E-state index is 0.359. The lowest BCUT2D eigenvalue weighted by Crippen LogP contribution is -2.41. The molecule has 110 valence electrons. The van der Waals surface area contributed by atoms with E-state index in [9.17, 15) is 13.6 Å². The molecule has 1 aromatic heterocycles. The Kier molecular flexibility index (Phi) is 3.40. The Hall–Kier alpha value is -2.31. The molecule has 21 heavy (non-hydrogen) atoms. The topological polar surface area (TPSA) is 72.1 Å². The smallest absolute Gasteiger partial charge is 0.297 e. The summed E-state index contributed by atoms with van der Waals surface area (Å²) in [6.07, 6.45) is -1.38. The highest BCUT2D eigenvalue weighted by atomic mass is 19.3. The van der Waals surface area contributed by atoms with Crippen LogP contribution >= 0.6 is 0 Å². The Bertz CT molecular complexity index is 692. The van der Waals surface area contributed by atoms with E-state index >= 15 is 0 Å². The predicted octanol–water partition coefficient (Wildman–Crippen LogP) is 2.02. The van der Waals surface area contributed by atoms with Crippen molar-refractivity contribution in [1.29, 1.82) is 0 Å². The number of nitrogens with zero attached hydrogens (tertiary/aromatic N) is 3. The number of alkyl halides is 2. The van der Waals surface area contributed by atoms with E-state index in [-0.39, 0.29) is 0 Å². The van der Waals surface area contributed by atoms with Gasteiger partial charge in [-0.1, -0.05) is 12.1 Å². The van der Waals surface area contributed by atoms with E-state index in [0.29, 0.717) is 29.7 Å². The lowest BCUT2D eigenvalue weighted by atomic mass is 10.2. The largest absolute Gasteiger partial charge is 0.368 e. The summed E-state index contributed by atoms with van der Waals surface area (Å²) >= 11 is 0. The number of para-hydroxylation sites is 1. The van der Waals surface area contributed by atoms with Gasteiger partial charge in [-0.3, -0.25) is 4.79 Å². The normalized spacial score (nSPS) is 18.6. The molecule has 1 aliphatic rings. The number of hydrogen-bond acceptors (Lipinski definition) is 4. The van der Waals surface area contributed by atoms with Crippen LogP contribution in [0.25, 0.3) is 10.9 Å². The van der Waals surface area contributed by atoms with E-state index in [1.54, 1.807) is 29.2 Å². The van der Waals surface area contributed by atoms with Crippen LogP contribution < -0.4 is 10.6 Å². The zero-order chi connectivity index (χ0) is 15.0. The molecular weight excluding hydrogens is 278 g/mol. The molecule has 1 fully saturated rings. The average molecular weight is 292 g/mol. The number of carbonyl (C=O) groups excluding carboxylic acids is 1. The minimum atomic E-state index is -2.76. The number of primary amides is 1.